The molecule has 0 bridgehead atoms. The van der Waals surface area contributed by atoms with Gasteiger partial charge in [0.1, 0.15) is 18.7 Å². The Hall–Kier alpha value is -1.43. The van der Waals surface area contributed by atoms with Crippen LogP contribution in [0.5, 0.6) is 0 Å². The Morgan fingerprint density at radius 2 is 2.14 bits per heavy atom. The van der Waals surface area contributed by atoms with Gasteiger partial charge < -0.3 is 20.1 Å². The summed E-state index contributed by atoms with van der Waals surface area (Å²) < 4.78 is 2.03. The topological polar surface area (TPSA) is 90.7 Å². The van der Waals surface area contributed by atoms with Crippen LogP contribution in [-0.4, -0.2) is 89.3 Å². The monoisotopic (exact) mass is 506 g/mol. The molecule has 2 heterocycles. The first kappa shape index (κ1) is 24.6. The molecule has 1 aromatic rings. The number of likely N-dealkylation sites (N-methyl/N-ethyl adjacent to an activating group) is 2. The molecule has 2 N–H and O–H groups in total. The van der Waals surface area contributed by atoms with Crippen LogP contribution < -0.4 is 10.6 Å². The number of carbonyl (C=O) groups is 1. The summed E-state index contributed by atoms with van der Waals surface area (Å²) in [5, 5.41) is 14.8. The molecule has 1 aromatic heterocycles. The lowest BCUT2D eigenvalue weighted by atomic mass is 10.2. The van der Waals surface area contributed by atoms with Crippen LogP contribution in [0.1, 0.15) is 32.5 Å². The van der Waals surface area contributed by atoms with Crippen molar-refractivity contribution >= 4 is 35.8 Å². The summed E-state index contributed by atoms with van der Waals surface area (Å²) in [7, 11) is 3.49. The molecule has 1 aliphatic heterocycles. The highest BCUT2D eigenvalue weighted by Crippen LogP contribution is 2.15. The third kappa shape index (κ3) is 7.53. The number of likely N-dealkylation sites (tertiary alicyclic amines) is 1. The van der Waals surface area contributed by atoms with Crippen LogP contribution in [0.2, 0.25) is 0 Å². The number of amides is 1. The molecule has 0 spiro atoms. The number of nitrogens with zero attached hydrogens (tertiary/aromatic N) is 6. The number of rotatable bonds is 9. The zero-order valence-corrected chi connectivity index (χ0v) is 19.8. The lowest BCUT2D eigenvalue weighted by Crippen LogP contribution is -2.46. The molecule has 1 unspecified atom stereocenters. The van der Waals surface area contributed by atoms with Gasteiger partial charge in [-0.15, -0.1) is 34.2 Å². The molecule has 9 nitrogen and oxygen atoms in total. The number of guanidine groups is 1. The van der Waals surface area contributed by atoms with E-state index in [1.807, 2.05) is 4.57 Å². The fourth-order valence-corrected chi connectivity index (χ4v) is 3.25. The molecule has 2 rings (SSSR count). The van der Waals surface area contributed by atoms with Crippen LogP contribution in [0.4, 0.5) is 0 Å². The van der Waals surface area contributed by atoms with E-state index in [4.69, 9.17) is 0 Å². The fourth-order valence-electron chi connectivity index (χ4n) is 3.25. The van der Waals surface area contributed by atoms with E-state index in [0.717, 1.165) is 38.4 Å². The normalized spacial score (nSPS) is 17.3. The van der Waals surface area contributed by atoms with Crippen molar-refractivity contribution in [3.05, 3.63) is 12.2 Å². The van der Waals surface area contributed by atoms with Crippen molar-refractivity contribution in [1.29, 1.82) is 0 Å². The summed E-state index contributed by atoms with van der Waals surface area (Å²) in [5.41, 5.74) is 0. The Kier molecular flexibility index (Phi) is 11.4. The van der Waals surface area contributed by atoms with Crippen LogP contribution in [0.25, 0.3) is 0 Å². The first-order valence-corrected chi connectivity index (χ1v) is 9.88. The van der Waals surface area contributed by atoms with Crippen LogP contribution >= 0.6 is 24.0 Å². The molecule has 1 fully saturated rings. The smallest absolute Gasteiger partial charge is 0.243 e. The van der Waals surface area contributed by atoms with Crippen molar-refractivity contribution in [2.24, 2.45) is 4.99 Å². The van der Waals surface area contributed by atoms with Gasteiger partial charge in [0, 0.05) is 46.2 Å². The van der Waals surface area contributed by atoms with Crippen LogP contribution in [0, 0.1) is 0 Å². The molecule has 28 heavy (non-hydrogen) atoms. The number of aliphatic imine (C=N–C) groups is 1. The quantitative estimate of drug-likeness (QED) is 0.289. The maximum atomic E-state index is 11.9. The third-order valence-electron chi connectivity index (χ3n) is 4.94. The van der Waals surface area contributed by atoms with Crippen molar-refractivity contribution in [2.75, 3.05) is 46.8 Å². The zero-order chi connectivity index (χ0) is 19.6. The van der Waals surface area contributed by atoms with Gasteiger partial charge in [-0.05, 0) is 25.9 Å². The molecule has 1 saturated heterocycles. The Labute approximate surface area is 185 Å². The highest BCUT2D eigenvalue weighted by Gasteiger charge is 2.22. The Morgan fingerprint density at radius 1 is 1.36 bits per heavy atom. The van der Waals surface area contributed by atoms with E-state index < -0.39 is 0 Å². The van der Waals surface area contributed by atoms with Gasteiger partial charge in [-0.2, -0.15) is 0 Å². The third-order valence-corrected chi connectivity index (χ3v) is 4.94. The molecule has 1 atom stereocenters. The largest absolute Gasteiger partial charge is 0.355 e. The average Bonchev–Trinajstić information content (AvgIpc) is 3.31. The van der Waals surface area contributed by atoms with E-state index in [2.05, 4.69) is 44.6 Å². The molecule has 10 heteroatoms. The number of halogens is 1. The lowest BCUT2D eigenvalue weighted by molar-refractivity contribution is -0.127. The molecule has 0 aliphatic carbocycles. The Morgan fingerprint density at radius 3 is 2.82 bits per heavy atom. The average molecular weight is 506 g/mol. The van der Waals surface area contributed by atoms with Gasteiger partial charge in [0.2, 0.25) is 5.91 Å². The van der Waals surface area contributed by atoms with Crippen molar-refractivity contribution in [1.82, 2.24) is 35.2 Å². The van der Waals surface area contributed by atoms with E-state index in [1.165, 1.54) is 12.8 Å². The van der Waals surface area contributed by atoms with E-state index >= 15 is 0 Å². The van der Waals surface area contributed by atoms with Crippen molar-refractivity contribution in [3.8, 4) is 0 Å². The molecule has 0 radical (unpaired) electrons. The van der Waals surface area contributed by atoms with E-state index in [-0.39, 0.29) is 36.4 Å². The van der Waals surface area contributed by atoms with Gasteiger partial charge >= 0.3 is 0 Å². The zero-order valence-electron chi connectivity index (χ0n) is 17.5. The predicted molar refractivity (Wildman–Crippen MR) is 122 cm³/mol. The second kappa shape index (κ2) is 12.9. The van der Waals surface area contributed by atoms with Gasteiger partial charge in [0.15, 0.2) is 5.96 Å². The van der Waals surface area contributed by atoms with Crippen LogP contribution in [0.15, 0.2) is 11.3 Å². The van der Waals surface area contributed by atoms with Crippen molar-refractivity contribution < 1.29 is 4.79 Å². The molecular weight excluding hydrogens is 471 g/mol. The van der Waals surface area contributed by atoms with Gasteiger partial charge in [0.05, 0.1) is 0 Å². The van der Waals surface area contributed by atoms with E-state index in [1.54, 1.807) is 25.3 Å². The summed E-state index contributed by atoms with van der Waals surface area (Å²) >= 11 is 0. The standard InChI is InChI=1S/C18H34N8O.HI/c1-5-16-23-22-14-26(16)11-9-19-18(21-13-17(27)24(3)4)20-12-15-8-7-10-25(15)6-2;/h14-15H,5-13H2,1-4H3,(H2,19,20,21);1H. The molecule has 1 aliphatic rings. The van der Waals surface area contributed by atoms with Gasteiger partial charge in [-0.3, -0.25) is 9.69 Å². The van der Waals surface area contributed by atoms with Crippen LogP contribution in [-0.2, 0) is 17.8 Å². The maximum Gasteiger partial charge on any atom is 0.243 e. The Balaban J connectivity index is 0.00000392. The second-order valence-electron chi connectivity index (χ2n) is 6.98. The molecule has 0 saturated carbocycles. The number of hydrogen-bond donors (Lipinski definition) is 2. The number of hydrogen-bond acceptors (Lipinski definition) is 5. The first-order chi connectivity index (χ1) is 13.0. The SMILES string of the molecule is CCc1nncn1CCNC(=NCC(=O)N(C)C)NCC1CCCN1CC.I. The number of aryl methyl sites for hydroxylation is 1. The van der Waals surface area contributed by atoms with E-state index in [9.17, 15) is 4.79 Å². The predicted octanol–water partition coefficient (Wildman–Crippen LogP) is 0.566. The maximum absolute atomic E-state index is 11.9. The lowest BCUT2D eigenvalue weighted by Gasteiger charge is -2.24. The number of carbonyl (C=O) groups excluding carboxylic acids is 1. The minimum absolute atomic E-state index is 0. The van der Waals surface area contributed by atoms with Crippen molar-refractivity contribution in [2.45, 2.75) is 45.7 Å². The first-order valence-electron chi connectivity index (χ1n) is 9.88. The summed E-state index contributed by atoms with van der Waals surface area (Å²) in [6.45, 7) is 8.91. The molecule has 160 valence electrons. The fraction of sp³-hybridized carbons (Fsp3) is 0.778. The van der Waals surface area contributed by atoms with Gasteiger partial charge in [0.25, 0.3) is 0 Å². The summed E-state index contributed by atoms with van der Waals surface area (Å²) in [6, 6.07) is 0.524. The van der Waals surface area contributed by atoms with Gasteiger partial charge in [-0.1, -0.05) is 13.8 Å². The number of nitrogens with one attached hydrogen (secondary N) is 2. The van der Waals surface area contributed by atoms with E-state index in [0.29, 0.717) is 18.5 Å². The minimum atomic E-state index is -0.0146. The highest BCUT2D eigenvalue weighted by molar-refractivity contribution is 14.0. The summed E-state index contributed by atoms with van der Waals surface area (Å²) in [4.78, 5) is 20.4. The molecule has 0 aromatic carbocycles. The molecular formula is C18H35IN8O. The van der Waals surface area contributed by atoms with Crippen LogP contribution in [0.3, 0.4) is 0 Å². The second-order valence-corrected chi connectivity index (χ2v) is 6.98. The van der Waals surface area contributed by atoms with Crippen molar-refractivity contribution in [3.63, 3.8) is 0 Å². The summed E-state index contributed by atoms with van der Waals surface area (Å²) in [6.07, 6.45) is 5.04. The minimum Gasteiger partial charge on any atom is -0.355 e. The number of aromatic nitrogens is 3. The summed E-state index contributed by atoms with van der Waals surface area (Å²) in [5.74, 6) is 1.63. The highest BCUT2D eigenvalue weighted by atomic mass is 127. The molecule has 1 amide bonds. The van der Waals surface area contributed by atoms with Gasteiger partial charge in [-0.25, -0.2) is 4.99 Å². The Bertz CT molecular complexity index is 618.